The Morgan fingerprint density at radius 3 is 1.08 bits per heavy atom. The fraction of sp³-hybridized carbons (Fsp3) is 0.250. The first-order valence-corrected chi connectivity index (χ1v) is 19.1. The Morgan fingerprint density at radius 2 is 0.754 bits per heavy atom. The number of rotatable bonds is 16. The normalized spacial score (nSPS) is 12.5. The van der Waals surface area contributed by atoms with Crippen molar-refractivity contribution >= 4 is 0 Å². The highest BCUT2D eigenvalue weighted by Gasteiger charge is 2.42. The van der Waals surface area contributed by atoms with Gasteiger partial charge in [0.1, 0.15) is 24.7 Å². The van der Waals surface area contributed by atoms with Crippen LogP contribution in [0.2, 0.25) is 0 Å². The second-order valence-corrected chi connectivity index (χ2v) is 14.7. The Bertz CT molecular complexity index is 2210. The smallest absolute Gasteiger partial charge is 0.411 e. The summed E-state index contributed by atoms with van der Waals surface area (Å²) in [7, 11) is 0. The molecule has 3 nitrogen and oxygen atoms in total. The van der Waals surface area contributed by atoms with E-state index in [1.165, 1.54) is 60.7 Å². The molecular weight excluding hydrogens is 815 g/mol. The molecule has 0 heterocycles. The summed E-state index contributed by atoms with van der Waals surface area (Å²) in [6.45, 7) is -1.76. The van der Waals surface area contributed by atoms with E-state index in [4.69, 9.17) is 14.2 Å². The van der Waals surface area contributed by atoms with Gasteiger partial charge in [-0.25, -0.2) is 0 Å². The number of halogens is 10. The van der Waals surface area contributed by atoms with Crippen molar-refractivity contribution in [3.63, 3.8) is 0 Å². The number of ether oxygens (including phenoxy) is 3. The van der Waals surface area contributed by atoms with Crippen LogP contribution >= 0.6 is 0 Å². The summed E-state index contributed by atoms with van der Waals surface area (Å²) >= 11 is 0. The molecule has 0 amide bonds. The molecule has 0 bridgehead atoms. The van der Waals surface area contributed by atoms with Crippen LogP contribution in [0.4, 0.5) is 43.9 Å². The topological polar surface area (TPSA) is 27.7 Å². The molecule has 0 atom stereocenters. The lowest BCUT2D eigenvalue weighted by Gasteiger charge is -2.28. The lowest BCUT2D eigenvalue weighted by atomic mass is 9.87. The molecule has 0 aromatic heterocycles. The maximum Gasteiger partial charge on any atom is 0.411 e. The van der Waals surface area contributed by atoms with E-state index in [2.05, 4.69) is 0 Å². The molecule has 0 fully saturated rings. The molecule has 0 radical (unpaired) electrons. The largest absolute Gasteiger partial charge is 0.457 e. The highest BCUT2D eigenvalue weighted by atomic mass is 19.4. The van der Waals surface area contributed by atoms with Gasteiger partial charge in [-0.1, -0.05) is 132 Å². The van der Waals surface area contributed by atoms with Crippen molar-refractivity contribution in [1.29, 1.82) is 0 Å². The van der Waals surface area contributed by atoms with Gasteiger partial charge in [-0.2, -0.15) is 43.9 Å². The summed E-state index contributed by atoms with van der Waals surface area (Å²) in [5.41, 5.74) is -0.881. The molecule has 0 spiro atoms. The van der Waals surface area contributed by atoms with Gasteiger partial charge in [-0.15, -0.1) is 0 Å². The van der Waals surface area contributed by atoms with Gasteiger partial charge in [-0.3, -0.25) is 0 Å². The Morgan fingerprint density at radius 1 is 0.410 bits per heavy atom. The highest BCUT2D eigenvalue weighted by Crippen LogP contribution is 2.48. The molecule has 0 N–H and O–H groups in total. The fourth-order valence-electron chi connectivity index (χ4n) is 7.01. The SMILES string of the molecule is Cc1ccc(C(F)(F)c2c(COCC(F)(F)F)ccc(Oc3ccc(COCC(F)(F)F)c(C(F)(F)c4ccc(C)cc4)c3Cc3ccccc3)c2Cc2ccccc2)cc1. The van der Waals surface area contributed by atoms with Gasteiger partial charge in [0.15, 0.2) is 0 Å². The Labute approximate surface area is 346 Å². The molecule has 0 saturated carbocycles. The minimum Gasteiger partial charge on any atom is -0.457 e. The summed E-state index contributed by atoms with van der Waals surface area (Å²) in [4.78, 5) is 0. The van der Waals surface area contributed by atoms with Gasteiger partial charge in [0.25, 0.3) is 11.8 Å². The van der Waals surface area contributed by atoms with E-state index >= 15 is 17.6 Å². The lowest BCUT2D eigenvalue weighted by Crippen LogP contribution is -2.23. The van der Waals surface area contributed by atoms with E-state index in [0.29, 0.717) is 22.3 Å². The van der Waals surface area contributed by atoms with Crippen LogP contribution in [0.25, 0.3) is 0 Å². The first-order valence-electron chi connectivity index (χ1n) is 19.1. The summed E-state index contributed by atoms with van der Waals surface area (Å²) in [5, 5.41) is 0. The lowest BCUT2D eigenvalue weighted by molar-refractivity contribution is -0.177. The monoisotopic (exact) mass is 854 g/mol. The van der Waals surface area contributed by atoms with Crippen LogP contribution < -0.4 is 4.74 Å². The number of hydrogen-bond acceptors (Lipinski definition) is 3. The quantitative estimate of drug-likeness (QED) is 0.0908. The molecular formula is C48H40F10O3. The third kappa shape index (κ3) is 11.4. The molecule has 0 unspecified atom stereocenters. The van der Waals surface area contributed by atoms with Crippen molar-refractivity contribution in [3.8, 4) is 11.5 Å². The minimum atomic E-state index is -4.76. The van der Waals surface area contributed by atoms with Crippen molar-refractivity contribution in [1.82, 2.24) is 0 Å². The van der Waals surface area contributed by atoms with Gasteiger partial charge in [0.2, 0.25) is 0 Å². The van der Waals surface area contributed by atoms with Crippen LogP contribution in [0.5, 0.6) is 11.5 Å². The zero-order chi connectivity index (χ0) is 44.0. The van der Waals surface area contributed by atoms with Crippen molar-refractivity contribution in [2.24, 2.45) is 0 Å². The second kappa shape index (κ2) is 18.5. The van der Waals surface area contributed by atoms with Crippen LogP contribution in [0, 0.1) is 13.8 Å². The van der Waals surface area contributed by atoms with Crippen molar-refractivity contribution in [2.45, 2.75) is 64.1 Å². The molecule has 6 aromatic rings. The molecule has 0 saturated heterocycles. The second-order valence-electron chi connectivity index (χ2n) is 14.7. The number of aryl methyl sites for hydroxylation is 2. The van der Waals surface area contributed by atoms with Crippen LogP contribution in [0.3, 0.4) is 0 Å². The van der Waals surface area contributed by atoms with Gasteiger partial charge >= 0.3 is 12.4 Å². The number of hydrogen-bond donors (Lipinski definition) is 0. The summed E-state index contributed by atoms with van der Waals surface area (Å²) < 4.78 is 164. The highest BCUT2D eigenvalue weighted by molar-refractivity contribution is 5.57. The van der Waals surface area contributed by atoms with E-state index in [1.807, 2.05) is 0 Å². The van der Waals surface area contributed by atoms with Gasteiger partial charge in [-0.05, 0) is 48.2 Å². The third-order valence-corrected chi connectivity index (χ3v) is 9.88. The minimum absolute atomic E-state index is 0.167. The maximum absolute atomic E-state index is 17.2. The first-order chi connectivity index (χ1) is 28.8. The average Bonchev–Trinajstić information content (AvgIpc) is 3.19. The Hall–Kier alpha value is -5.66. The zero-order valence-corrected chi connectivity index (χ0v) is 32.9. The van der Waals surface area contributed by atoms with E-state index in [0.717, 1.165) is 12.1 Å². The van der Waals surface area contributed by atoms with Crippen LogP contribution in [-0.2, 0) is 47.4 Å². The molecule has 0 aliphatic carbocycles. The predicted molar refractivity (Wildman–Crippen MR) is 211 cm³/mol. The standard InChI is InChI=1S/C48H40F10O3/c1-31-13-19-37(20-14-31)47(55,56)43-35(27-59-29-45(49,50)51)17-23-41(39(43)25-33-9-5-3-6-10-33)61-42-24-18-36(28-60-30-46(52,53)54)44(40(42)26-34-11-7-4-8-12-34)48(57,58)38-21-15-32(2)16-22-38/h3-24H,25-30H2,1-2H3. The van der Waals surface area contributed by atoms with Gasteiger partial charge in [0.05, 0.1) is 13.2 Å². The molecule has 6 aromatic carbocycles. The molecule has 320 valence electrons. The van der Waals surface area contributed by atoms with Crippen LogP contribution in [-0.4, -0.2) is 25.6 Å². The summed E-state index contributed by atoms with van der Waals surface area (Å²) in [5.74, 6) is -8.18. The Balaban J connectivity index is 1.61. The van der Waals surface area contributed by atoms with E-state index < -0.39 is 72.9 Å². The molecule has 0 aliphatic rings. The first kappa shape index (κ1) is 44.9. The predicted octanol–water partition coefficient (Wildman–Crippen LogP) is 13.7. The fourth-order valence-corrected chi connectivity index (χ4v) is 7.01. The van der Waals surface area contributed by atoms with E-state index in [1.54, 1.807) is 74.5 Å². The van der Waals surface area contributed by atoms with Crippen LogP contribution in [0.15, 0.2) is 133 Å². The van der Waals surface area contributed by atoms with Crippen molar-refractivity contribution in [2.75, 3.05) is 13.2 Å². The van der Waals surface area contributed by atoms with Crippen molar-refractivity contribution in [3.05, 3.63) is 200 Å². The van der Waals surface area contributed by atoms with E-state index in [9.17, 15) is 26.3 Å². The van der Waals surface area contributed by atoms with Crippen molar-refractivity contribution < 1.29 is 58.1 Å². The Kier molecular flexibility index (Phi) is 13.6. The maximum atomic E-state index is 17.2. The van der Waals surface area contributed by atoms with E-state index in [-0.39, 0.29) is 46.6 Å². The summed E-state index contributed by atoms with van der Waals surface area (Å²) in [6, 6.07) is 32.2. The average molecular weight is 855 g/mol. The molecule has 0 aliphatic heterocycles. The number of alkyl halides is 10. The summed E-state index contributed by atoms with van der Waals surface area (Å²) in [6.07, 6.45) is -10.0. The molecule has 61 heavy (non-hydrogen) atoms. The zero-order valence-electron chi connectivity index (χ0n) is 32.9. The third-order valence-electron chi connectivity index (χ3n) is 9.88. The van der Waals surface area contributed by atoms with Gasteiger partial charge < -0.3 is 14.2 Å². The van der Waals surface area contributed by atoms with Gasteiger partial charge in [0, 0.05) is 46.2 Å². The van der Waals surface area contributed by atoms with Crippen LogP contribution in [0.1, 0.15) is 66.8 Å². The molecule has 13 heteroatoms. The molecule has 6 rings (SSSR count). The number of benzene rings is 6.